The maximum atomic E-state index is 10.4. The highest BCUT2D eigenvalue weighted by atomic mass is 32.2. The van der Waals surface area contributed by atoms with Crippen LogP contribution in [0.15, 0.2) is 48.5 Å². The minimum atomic E-state index is -1.18. The van der Waals surface area contributed by atoms with E-state index in [0.717, 1.165) is 29.7 Å². The van der Waals surface area contributed by atoms with E-state index in [1.54, 1.807) is 36.0 Å². The first-order chi connectivity index (χ1) is 26.9. The van der Waals surface area contributed by atoms with Gasteiger partial charge < -0.3 is 86.1 Å². The smallest absolute Gasteiger partial charge is 0.323 e. The Hall–Kier alpha value is -5.11. The zero-order chi connectivity index (χ0) is 46.0. The van der Waals surface area contributed by atoms with E-state index in [1.807, 2.05) is 6.26 Å². The summed E-state index contributed by atoms with van der Waals surface area (Å²) in [6.07, 6.45) is 4.21. The molecule has 2 rings (SSSR count). The average molecular weight is 852 g/mol. The van der Waals surface area contributed by atoms with Crippen molar-refractivity contribution in [1.82, 2.24) is 0 Å². The van der Waals surface area contributed by atoms with Gasteiger partial charge in [0.05, 0.1) is 12.6 Å². The van der Waals surface area contributed by atoms with E-state index in [9.17, 15) is 28.8 Å². The molecule has 0 aliphatic carbocycles. The molecule has 23 heteroatoms. The second-order valence-electron chi connectivity index (χ2n) is 11.8. The molecule has 0 saturated heterocycles. The predicted octanol–water partition coefficient (Wildman–Crippen LogP) is -1.82. The SMILES string of the molecule is CC(O)C(N)C(=O)O.CSCCC(N)C(=O)O.NC(Cc1ccc(O)cc1)C(=O)O.NC(Cc1ccc(O)cc1)C(=O)O.NCC(=O)O.NCCCCC(N)C(=O)O. The van der Waals surface area contributed by atoms with Crippen LogP contribution in [-0.2, 0) is 41.6 Å². The summed E-state index contributed by atoms with van der Waals surface area (Å²) in [6.45, 7) is 1.66. The van der Waals surface area contributed by atoms with Crippen molar-refractivity contribution < 1.29 is 74.7 Å². The molecule has 0 fully saturated rings. The van der Waals surface area contributed by atoms with Crippen molar-refractivity contribution in [3.63, 3.8) is 0 Å². The minimum Gasteiger partial charge on any atom is -0.508 e. The number of carbonyl (C=O) groups is 6. The van der Waals surface area contributed by atoms with Crippen LogP contribution in [0.1, 0.15) is 43.7 Å². The number of rotatable bonds is 18. The number of unbranched alkanes of at least 4 members (excludes halogenated alkanes) is 1. The number of hydrogen-bond acceptors (Lipinski definition) is 17. The van der Waals surface area contributed by atoms with Gasteiger partial charge >= 0.3 is 35.8 Å². The fraction of sp³-hybridized carbons (Fsp3) is 0.486. The van der Waals surface area contributed by atoms with Gasteiger partial charge in [-0.2, -0.15) is 11.8 Å². The number of nitrogens with two attached hydrogens (primary N) is 7. The molecule has 2 aromatic carbocycles. The van der Waals surface area contributed by atoms with Crippen LogP contribution in [0.2, 0.25) is 0 Å². The lowest BCUT2D eigenvalue weighted by molar-refractivity contribution is -0.141. The molecule has 332 valence electrons. The normalized spacial score (nSPS) is 12.9. The lowest BCUT2D eigenvalue weighted by Gasteiger charge is -2.06. The number of aliphatic hydroxyl groups excluding tert-OH is 1. The van der Waals surface area contributed by atoms with Crippen molar-refractivity contribution in [3.05, 3.63) is 59.7 Å². The van der Waals surface area contributed by atoms with Crippen molar-refractivity contribution in [1.29, 1.82) is 0 Å². The molecule has 0 aliphatic rings. The molecule has 23 N–H and O–H groups in total. The monoisotopic (exact) mass is 851 g/mol. The van der Waals surface area contributed by atoms with Crippen molar-refractivity contribution in [3.8, 4) is 11.5 Å². The van der Waals surface area contributed by atoms with E-state index in [4.69, 9.17) is 80.4 Å². The van der Waals surface area contributed by atoms with Crippen LogP contribution in [0.25, 0.3) is 0 Å². The highest BCUT2D eigenvalue weighted by Crippen LogP contribution is 2.11. The molecular weight excluding hydrogens is 790 g/mol. The largest absolute Gasteiger partial charge is 0.508 e. The van der Waals surface area contributed by atoms with E-state index >= 15 is 0 Å². The molecule has 2 aromatic rings. The fourth-order valence-electron chi connectivity index (χ4n) is 3.15. The number of phenols is 2. The summed E-state index contributed by atoms with van der Waals surface area (Å²) in [4.78, 5) is 60.1. The Morgan fingerprint density at radius 3 is 1.12 bits per heavy atom. The first-order valence-electron chi connectivity index (χ1n) is 17.1. The first-order valence-corrected chi connectivity index (χ1v) is 18.5. The van der Waals surface area contributed by atoms with Gasteiger partial charge in [0.1, 0.15) is 41.7 Å². The summed E-state index contributed by atoms with van der Waals surface area (Å²) >= 11 is 1.60. The predicted molar refractivity (Wildman–Crippen MR) is 216 cm³/mol. The van der Waals surface area contributed by atoms with Gasteiger partial charge in [-0.3, -0.25) is 28.8 Å². The van der Waals surface area contributed by atoms with E-state index in [0.29, 0.717) is 19.4 Å². The summed E-state index contributed by atoms with van der Waals surface area (Å²) in [6, 6.07) is 8.29. The van der Waals surface area contributed by atoms with Gasteiger partial charge in [-0.25, -0.2) is 0 Å². The highest BCUT2D eigenvalue weighted by Gasteiger charge is 2.16. The Kier molecular flexibility index (Phi) is 37.2. The number of thioether (sulfide) groups is 1. The number of carboxylic acids is 6. The molecule has 6 atom stereocenters. The molecule has 0 heterocycles. The molecule has 0 radical (unpaired) electrons. The van der Waals surface area contributed by atoms with E-state index in [1.165, 1.54) is 31.2 Å². The van der Waals surface area contributed by atoms with Crippen molar-refractivity contribution in [2.24, 2.45) is 40.1 Å². The minimum absolute atomic E-state index is 0.160. The van der Waals surface area contributed by atoms with Gasteiger partial charge in [-0.05, 0) is 93.0 Å². The van der Waals surface area contributed by atoms with E-state index in [-0.39, 0.29) is 30.9 Å². The number of aliphatic carboxylic acids is 6. The second kappa shape index (κ2) is 36.2. The lowest BCUT2D eigenvalue weighted by Crippen LogP contribution is -2.39. The lowest BCUT2D eigenvalue weighted by atomic mass is 10.1. The average Bonchev–Trinajstić information content (AvgIpc) is 3.16. The summed E-state index contributed by atoms with van der Waals surface area (Å²) in [5, 5.41) is 75.7. The number of aliphatic hydroxyl groups is 1. The Morgan fingerprint density at radius 2 is 0.897 bits per heavy atom. The molecule has 0 amide bonds. The Morgan fingerprint density at radius 1 is 0.569 bits per heavy atom. The standard InChI is InChI=1S/2C9H11NO3.C6H14N2O2.C5H11NO2S.C4H9NO3.C2H5NO2/c2*10-8(9(12)13)5-6-1-3-7(11)4-2-6;7-4-2-1-3-5(8)6(9)10;1-9-3-2-4(6)5(7)8;1-2(6)3(5)4(7)8;3-1-2(4)5/h2*1-4,8,11H,5,10H2,(H,12,13);5H,1-4,7-8H2,(H,9,10);4H,2-3,6H2,1H3,(H,7,8);2-3,6H,5H2,1H3,(H,7,8);1,3H2,(H,4,5). The van der Waals surface area contributed by atoms with Crippen LogP contribution in [0.4, 0.5) is 0 Å². The zero-order valence-electron chi connectivity index (χ0n) is 32.4. The van der Waals surface area contributed by atoms with Gasteiger partial charge in [-0.1, -0.05) is 30.7 Å². The maximum absolute atomic E-state index is 10.4. The molecule has 0 aliphatic heterocycles. The molecule has 58 heavy (non-hydrogen) atoms. The summed E-state index contributed by atoms with van der Waals surface area (Å²) < 4.78 is 0. The van der Waals surface area contributed by atoms with Gasteiger partial charge in [-0.15, -0.1) is 0 Å². The molecule has 0 aromatic heterocycles. The maximum Gasteiger partial charge on any atom is 0.323 e. The van der Waals surface area contributed by atoms with Crippen LogP contribution >= 0.6 is 11.8 Å². The Bertz CT molecular complexity index is 1380. The third kappa shape index (κ3) is 37.8. The molecule has 0 spiro atoms. The highest BCUT2D eigenvalue weighted by molar-refractivity contribution is 7.98. The molecule has 0 saturated carbocycles. The Labute approximate surface area is 340 Å². The second-order valence-corrected chi connectivity index (χ2v) is 12.8. The van der Waals surface area contributed by atoms with Crippen molar-refractivity contribution in [2.75, 3.05) is 25.1 Å². The summed E-state index contributed by atoms with van der Waals surface area (Å²) in [7, 11) is 0. The fourth-order valence-corrected chi connectivity index (χ4v) is 3.64. The van der Waals surface area contributed by atoms with Crippen LogP contribution < -0.4 is 40.1 Å². The number of aromatic hydroxyl groups is 2. The van der Waals surface area contributed by atoms with E-state index < -0.39 is 72.1 Å². The van der Waals surface area contributed by atoms with Crippen molar-refractivity contribution >= 4 is 47.6 Å². The molecule has 6 unspecified atom stereocenters. The number of carboxylic acid groups (broad SMARTS) is 6. The first kappa shape index (κ1) is 59.6. The Balaban J connectivity index is -0.000000309. The van der Waals surface area contributed by atoms with Gasteiger partial charge in [0.2, 0.25) is 0 Å². The van der Waals surface area contributed by atoms with Crippen molar-refractivity contribution in [2.45, 2.75) is 81.8 Å². The van der Waals surface area contributed by atoms with Gasteiger partial charge in [0.25, 0.3) is 0 Å². The van der Waals surface area contributed by atoms with E-state index in [2.05, 4.69) is 5.73 Å². The molecule has 22 nitrogen and oxygen atoms in total. The van der Waals surface area contributed by atoms with Gasteiger partial charge in [0.15, 0.2) is 0 Å². The molecule has 0 bridgehead atoms. The van der Waals surface area contributed by atoms with Crippen LogP contribution in [-0.4, -0.2) is 143 Å². The van der Waals surface area contributed by atoms with Crippen LogP contribution in [0, 0.1) is 0 Å². The molecular formula is C35H61N7O15S. The van der Waals surface area contributed by atoms with Gasteiger partial charge in [0, 0.05) is 0 Å². The third-order valence-electron chi connectivity index (χ3n) is 6.63. The topological polar surface area (TPSA) is 467 Å². The van der Waals surface area contributed by atoms with Crippen LogP contribution in [0.5, 0.6) is 11.5 Å². The number of hydrogen-bond donors (Lipinski definition) is 16. The number of phenolic OH excluding ortho intramolecular Hbond substituents is 2. The summed E-state index contributed by atoms with van der Waals surface area (Å²) in [5.74, 6) is -4.90. The summed E-state index contributed by atoms with van der Waals surface area (Å²) in [5.41, 5.74) is 37.3. The zero-order valence-corrected chi connectivity index (χ0v) is 33.2. The number of benzene rings is 2. The third-order valence-corrected chi connectivity index (χ3v) is 7.28. The quantitative estimate of drug-likeness (QED) is 0.0734. The van der Waals surface area contributed by atoms with Crippen LogP contribution in [0.3, 0.4) is 0 Å².